The molecule has 0 unspecified atom stereocenters. The zero-order valence-corrected chi connectivity index (χ0v) is 20.1. The monoisotopic (exact) mass is 505 g/mol. The van der Waals surface area contributed by atoms with E-state index in [1.165, 1.54) is 24.3 Å². The van der Waals surface area contributed by atoms with E-state index < -0.39 is 28.7 Å². The van der Waals surface area contributed by atoms with Crippen LogP contribution in [0.1, 0.15) is 49.2 Å². The highest BCUT2D eigenvalue weighted by Gasteiger charge is 2.37. The van der Waals surface area contributed by atoms with E-state index in [1.54, 1.807) is 19.9 Å². The molecule has 2 amide bonds. The van der Waals surface area contributed by atoms with E-state index in [9.17, 15) is 27.6 Å². The predicted octanol–water partition coefficient (Wildman–Crippen LogP) is 6.08. The summed E-state index contributed by atoms with van der Waals surface area (Å²) in [5.74, 6) is -1.19. The summed E-state index contributed by atoms with van der Waals surface area (Å²) in [5.41, 5.74) is 1.27. The molecule has 2 aliphatic rings. The number of Topliss-reactive ketones (excluding diaryl/α,β-unsaturated/α-hetero) is 1. The number of imide groups is 1. The molecule has 10 heteroatoms. The van der Waals surface area contributed by atoms with Crippen LogP contribution in [0.25, 0.3) is 17.2 Å². The summed E-state index contributed by atoms with van der Waals surface area (Å²) in [4.78, 5) is 36.4. The summed E-state index contributed by atoms with van der Waals surface area (Å²) in [6.45, 7) is 7.62. The summed E-state index contributed by atoms with van der Waals surface area (Å²) in [5, 5.41) is 1.60. The van der Waals surface area contributed by atoms with Gasteiger partial charge < -0.3 is 9.47 Å². The van der Waals surface area contributed by atoms with E-state index in [-0.39, 0.29) is 34.3 Å². The van der Waals surface area contributed by atoms with E-state index in [1.807, 2.05) is 13.8 Å². The number of amides is 2. The van der Waals surface area contributed by atoms with Gasteiger partial charge in [0, 0.05) is 33.6 Å². The second-order valence-electron chi connectivity index (χ2n) is 9.25. The molecule has 35 heavy (non-hydrogen) atoms. The molecule has 1 fully saturated rings. The van der Waals surface area contributed by atoms with Crippen molar-refractivity contribution in [3.05, 3.63) is 51.9 Å². The molecular weight excluding hydrogens is 483 g/mol. The van der Waals surface area contributed by atoms with Gasteiger partial charge in [-0.1, -0.05) is 33.8 Å². The van der Waals surface area contributed by atoms with Crippen molar-refractivity contribution >= 4 is 34.8 Å². The fourth-order valence-corrected chi connectivity index (χ4v) is 4.61. The van der Waals surface area contributed by atoms with Crippen LogP contribution in [-0.4, -0.2) is 29.9 Å². The number of ether oxygens (including phenoxy) is 2. The minimum Gasteiger partial charge on any atom is -0.492 e. The molecule has 0 aliphatic carbocycles. The molecule has 1 saturated heterocycles. The van der Waals surface area contributed by atoms with Crippen LogP contribution in [0, 0.1) is 5.92 Å². The van der Waals surface area contributed by atoms with Crippen molar-refractivity contribution in [3.63, 3.8) is 0 Å². The van der Waals surface area contributed by atoms with Crippen molar-refractivity contribution in [1.82, 2.24) is 5.32 Å². The zero-order valence-electron chi connectivity index (χ0n) is 19.3. The Morgan fingerprint density at radius 1 is 1.17 bits per heavy atom. The fraction of sp³-hybridized carbons (Fsp3) is 0.320. The van der Waals surface area contributed by atoms with E-state index >= 15 is 0 Å². The highest BCUT2D eigenvalue weighted by molar-refractivity contribution is 8.18. The number of nitrogens with one attached hydrogen (secondary N) is 1. The largest absolute Gasteiger partial charge is 0.573 e. The number of fused-ring (bicyclic) bond motifs is 1. The summed E-state index contributed by atoms with van der Waals surface area (Å²) in [6, 6.07) is 7.15. The normalized spacial score (nSPS) is 18.0. The number of carbonyl (C=O) groups excluding carboxylic acids is 3. The van der Waals surface area contributed by atoms with Gasteiger partial charge in [0.15, 0.2) is 5.78 Å². The van der Waals surface area contributed by atoms with Crippen molar-refractivity contribution in [3.8, 4) is 22.6 Å². The van der Waals surface area contributed by atoms with E-state index in [0.717, 1.165) is 6.07 Å². The average molecular weight is 506 g/mol. The molecule has 2 aliphatic heterocycles. The first kappa shape index (κ1) is 24.8. The van der Waals surface area contributed by atoms with Crippen molar-refractivity contribution in [1.29, 1.82) is 0 Å². The number of rotatable bonds is 5. The third-order valence-corrected chi connectivity index (χ3v) is 6.47. The van der Waals surface area contributed by atoms with Crippen LogP contribution in [0.15, 0.2) is 35.2 Å². The van der Waals surface area contributed by atoms with Gasteiger partial charge in [-0.25, -0.2) is 0 Å². The SMILES string of the molecule is CC(C)C(=O)c1cc(-c2cc(C=C3SC(=O)NC3=O)ccc2OC(F)(F)F)c2c(c1)C(C)(C)CO2. The maximum absolute atomic E-state index is 13.3. The lowest BCUT2D eigenvalue weighted by molar-refractivity contribution is -0.274. The first-order valence-electron chi connectivity index (χ1n) is 10.8. The van der Waals surface area contributed by atoms with Crippen LogP contribution in [0.2, 0.25) is 0 Å². The van der Waals surface area contributed by atoms with Crippen LogP contribution in [0.3, 0.4) is 0 Å². The summed E-state index contributed by atoms with van der Waals surface area (Å²) in [7, 11) is 0. The van der Waals surface area contributed by atoms with Crippen LogP contribution in [0.4, 0.5) is 18.0 Å². The van der Waals surface area contributed by atoms with E-state index in [2.05, 4.69) is 10.1 Å². The van der Waals surface area contributed by atoms with Gasteiger partial charge in [-0.3, -0.25) is 19.7 Å². The third-order valence-electron chi connectivity index (χ3n) is 5.66. The Morgan fingerprint density at radius 3 is 2.49 bits per heavy atom. The van der Waals surface area contributed by atoms with Crippen LogP contribution < -0.4 is 14.8 Å². The van der Waals surface area contributed by atoms with E-state index in [4.69, 9.17) is 4.74 Å². The second-order valence-corrected chi connectivity index (χ2v) is 10.3. The Morgan fingerprint density at radius 2 is 1.89 bits per heavy atom. The van der Waals surface area contributed by atoms with Crippen molar-refractivity contribution < 1.29 is 37.0 Å². The second kappa shape index (κ2) is 8.75. The molecule has 0 bridgehead atoms. The lowest BCUT2D eigenvalue weighted by Gasteiger charge is -2.19. The number of hydrogen-bond acceptors (Lipinski definition) is 6. The molecule has 2 heterocycles. The highest BCUT2D eigenvalue weighted by atomic mass is 32.2. The Bertz CT molecular complexity index is 1280. The number of thioether (sulfide) groups is 1. The van der Waals surface area contributed by atoms with Gasteiger partial charge in [-0.05, 0) is 47.7 Å². The maximum atomic E-state index is 13.3. The van der Waals surface area contributed by atoms with Gasteiger partial charge in [0.1, 0.15) is 11.5 Å². The van der Waals surface area contributed by atoms with Crippen LogP contribution in [-0.2, 0) is 10.2 Å². The summed E-state index contributed by atoms with van der Waals surface area (Å²) in [6.07, 6.45) is -3.56. The van der Waals surface area contributed by atoms with E-state index in [0.29, 0.717) is 34.2 Å². The first-order valence-corrected chi connectivity index (χ1v) is 11.6. The first-order chi connectivity index (χ1) is 16.2. The van der Waals surface area contributed by atoms with Crippen molar-refractivity contribution in [2.75, 3.05) is 6.61 Å². The zero-order chi connectivity index (χ0) is 25.7. The number of benzene rings is 2. The fourth-order valence-electron chi connectivity index (χ4n) is 3.93. The minimum atomic E-state index is -4.96. The highest BCUT2D eigenvalue weighted by Crippen LogP contribution is 2.48. The Balaban J connectivity index is 1.95. The standard InChI is InChI=1S/C25H22F3NO5S/c1-12(2)20(30)14-9-16(21-17(10-14)24(3,4)11-33-21)15-7-13(5-6-18(15)34-25(26,27)28)8-19-22(31)29-23(32)35-19/h5-10,12H,11H2,1-4H3,(H,29,31,32). The summed E-state index contributed by atoms with van der Waals surface area (Å²) < 4.78 is 50.0. The Labute approximate surface area is 203 Å². The molecule has 0 spiro atoms. The van der Waals surface area contributed by atoms with Crippen LogP contribution in [0.5, 0.6) is 11.5 Å². The molecule has 1 N–H and O–H groups in total. The molecule has 4 rings (SSSR count). The molecule has 6 nitrogen and oxygen atoms in total. The number of ketones is 1. The number of alkyl halides is 3. The molecule has 2 aromatic carbocycles. The average Bonchev–Trinajstić information content (AvgIpc) is 3.24. The predicted molar refractivity (Wildman–Crippen MR) is 125 cm³/mol. The molecule has 2 aromatic rings. The summed E-state index contributed by atoms with van der Waals surface area (Å²) >= 11 is 0.695. The molecule has 0 atom stereocenters. The van der Waals surface area contributed by atoms with Crippen molar-refractivity contribution in [2.24, 2.45) is 5.92 Å². The number of hydrogen-bond donors (Lipinski definition) is 1. The molecule has 0 radical (unpaired) electrons. The van der Waals surface area contributed by atoms with Gasteiger partial charge in [0.2, 0.25) is 0 Å². The third kappa shape index (κ3) is 5.07. The molecular formula is C25H22F3NO5S. The number of carbonyl (C=O) groups is 3. The molecule has 0 saturated carbocycles. The van der Waals surface area contributed by atoms with Gasteiger partial charge >= 0.3 is 6.36 Å². The topological polar surface area (TPSA) is 81.7 Å². The smallest absolute Gasteiger partial charge is 0.492 e. The Kier molecular flexibility index (Phi) is 6.21. The lowest BCUT2D eigenvalue weighted by Crippen LogP contribution is -2.19. The Hall–Kier alpha value is -3.27. The maximum Gasteiger partial charge on any atom is 0.573 e. The lowest BCUT2D eigenvalue weighted by atomic mass is 9.82. The molecule has 184 valence electrons. The molecule has 0 aromatic heterocycles. The quantitative estimate of drug-likeness (QED) is 0.392. The number of halogens is 3. The van der Waals surface area contributed by atoms with Gasteiger partial charge in [0.05, 0.1) is 11.5 Å². The van der Waals surface area contributed by atoms with Gasteiger partial charge in [-0.15, -0.1) is 13.2 Å². The minimum absolute atomic E-state index is 0.0405. The van der Waals surface area contributed by atoms with Gasteiger partial charge in [0.25, 0.3) is 11.1 Å². The van der Waals surface area contributed by atoms with Gasteiger partial charge in [-0.2, -0.15) is 0 Å². The van der Waals surface area contributed by atoms with Crippen LogP contribution >= 0.6 is 11.8 Å². The van der Waals surface area contributed by atoms with Crippen molar-refractivity contribution in [2.45, 2.75) is 39.5 Å².